The Hall–Kier alpha value is -1.53. The van der Waals surface area contributed by atoms with Crippen LogP contribution >= 0.6 is 0 Å². The van der Waals surface area contributed by atoms with E-state index in [0.29, 0.717) is 24.5 Å². The SMILES string of the molecule is N#Cc1cc(F)cc(S(=O)(=O)N2CCC3(CC2)CC(N2CC4(COC4)C2)C3)c1. The van der Waals surface area contributed by atoms with Gasteiger partial charge in [-0.1, -0.05) is 0 Å². The van der Waals surface area contributed by atoms with Crippen LogP contribution in [0.3, 0.4) is 0 Å². The van der Waals surface area contributed by atoms with Crippen LogP contribution in [0.4, 0.5) is 4.39 Å². The molecule has 0 atom stereocenters. The molecule has 0 radical (unpaired) electrons. The minimum Gasteiger partial charge on any atom is -0.380 e. The number of ether oxygens (including phenoxy) is 1. The van der Waals surface area contributed by atoms with Crippen LogP contribution in [0, 0.1) is 28.0 Å². The summed E-state index contributed by atoms with van der Waals surface area (Å²) in [5.41, 5.74) is 0.723. The van der Waals surface area contributed by atoms with E-state index in [-0.39, 0.29) is 15.9 Å². The fourth-order valence-corrected chi connectivity index (χ4v) is 6.88. The fourth-order valence-electron chi connectivity index (χ4n) is 5.38. The first-order chi connectivity index (χ1) is 13.3. The smallest absolute Gasteiger partial charge is 0.243 e. The summed E-state index contributed by atoms with van der Waals surface area (Å²) in [5.74, 6) is -0.697. The highest BCUT2D eigenvalue weighted by atomic mass is 32.2. The number of hydrogen-bond donors (Lipinski definition) is 0. The van der Waals surface area contributed by atoms with E-state index < -0.39 is 15.8 Å². The van der Waals surface area contributed by atoms with E-state index in [0.717, 1.165) is 64.1 Å². The second-order valence-corrected chi connectivity index (χ2v) is 11.1. The topological polar surface area (TPSA) is 73.6 Å². The molecule has 0 aromatic heterocycles. The van der Waals surface area contributed by atoms with Crippen molar-refractivity contribution in [1.82, 2.24) is 9.21 Å². The molecule has 8 heteroatoms. The molecule has 0 unspecified atom stereocenters. The average Bonchev–Trinajstić information content (AvgIpc) is 2.57. The third-order valence-corrected chi connectivity index (χ3v) is 9.04. The molecular weight excluding hydrogens is 381 g/mol. The van der Waals surface area contributed by atoms with E-state index in [1.54, 1.807) is 0 Å². The van der Waals surface area contributed by atoms with Gasteiger partial charge in [0.15, 0.2) is 0 Å². The molecule has 5 rings (SSSR count). The van der Waals surface area contributed by atoms with Gasteiger partial charge >= 0.3 is 0 Å². The molecule has 28 heavy (non-hydrogen) atoms. The molecule has 4 fully saturated rings. The van der Waals surface area contributed by atoms with Crippen molar-refractivity contribution in [1.29, 1.82) is 5.26 Å². The number of rotatable bonds is 3. The van der Waals surface area contributed by atoms with Gasteiger partial charge < -0.3 is 4.74 Å². The van der Waals surface area contributed by atoms with Crippen molar-refractivity contribution in [2.75, 3.05) is 39.4 Å². The van der Waals surface area contributed by atoms with Crippen LogP contribution in [0.1, 0.15) is 31.2 Å². The maximum Gasteiger partial charge on any atom is 0.243 e. The molecule has 2 spiro atoms. The Kier molecular flexibility index (Phi) is 4.12. The molecular formula is C20H24FN3O3S. The molecule has 1 aromatic rings. The number of nitrogens with zero attached hydrogens (tertiary/aromatic N) is 3. The zero-order chi connectivity index (χ0) is 19.6. The summed E-state index contributed by atoms with van der Waals surface area (Å²) in [7, 11) is -3.77. The summed E-state index contributed by atoms with van der Waals surface area (Å²) in [6, 6.07) is 5.76. The Bertz CT molecular complexity index is 930. The summed E-state index contributed by atoms with van der Waals surface area (Å²) in [6.45, 7) is 5.03. The quantitative estimate of drug-likeness (QED) is 0.769. The summed E-state index contributed by atoms with van der Waals surface area (Å²) in [6.07, 6.45) is 4.00. The van der Waals surface area contributed by atoms with Crippen molar-refractivity contribution in [3.63, 3.8) is 0 Å². The zero-order valence-corrected chi connectivity index (χ0v) is 16.5. The van der Waals surface area contributed by atoms with Gasteiger partial charge in [0.25, 0.3) is 0 Å². The maximum atomic E-state index is 13.7. The molecule has 150 valence electrons. The molecule has 4 aliphatic rings. The number of nitriles is 1. The number of halogens is 1. The van der Waals surface area contributed by atoms with Crippen molar-refractivity contribution >= 4 is 10.0 Å². The van der Waals surface area contributed by atoms with Crippen LogP contribution < -0.4 is 0 Å². The van der Waals surface area contributed by atoms with Gasteiger partial charge in [0, 0.05) is 37.6 Å². The van der Waals surface area contributed by atoms with Gasteiger partial charge in [-0.15, -0.1) is 0 Å². The van der Waals surface area contributed by atoms with Gasteiger partial charge in [0.1, 0.15) is 5.82 Å². The monoisotopic (exact) mass is 405 g/mol. The number of hydrogen-bond acceptors (Lipinski definition) is 5. The lowest BCUT2D eigenvalue weighted by atomic mass is 9.59. The van der Waals surface area contributed by atoms with Gasteiger partial charge in [-0.2, -0.15) is 9.57 Å². The minimum atomic E-state index is -3.77. The highest BCUT2D eigenvalue weighted by Gasteiger charge is 2.56. The van der Waals surface area contributed by atoms with E-state index in [1.165, 1.54) is 10.4 Å². The highest BCUT2D eigenvalue weighted by molar-refractivity contribution is 7.89. The first-order valence-electron chi connectivity index (χ1n) is 9.86. The van der Waals surface area contributed by atoms with E-state index in [9.17, 15) is 12.8 Å². The molecule has 1 saturated carbocycles. The first kappa shape index (κ1) is 18.5. The van der Waals surface area contributed by atoms with Crippen molar-refractivity contribution in [2.24, 2.45) is 10.8 Å². The lowest BCUT2D eigenvalue weighted by Gasteiger charge is -2.63. The standard InChI is InChI=1S/C20H24FN3O3S/c21-16-5-15(10-22)6-18(7-16)28(25,26)24-3-1-19(2-4-24)8-17(9-19)23-11-20(12-23)13-27-14-20/h5-7,17H,1-4,8-9,11-14H2. The Morgan fingerprint density at radius 1 is 1.11 bits per heavy atom. The van der Waals surface area contributed by atoms with Crippen LogP contribution in [0.2, 0.25) is 0 Å². The molecule has 3 heterocycles. The predicted molar refractivity (Wildman–Crippen MR) is 99.4 cm³/mol. The van der Waals surface area contributed by atoms with Gasteiger partial charge in [-0.05, 0) is 49.3 Å². The van der Waals surface area contributed by atoms with Crippen molar-refractivity contribution in [3.05, 3.63) is 29.6 Å². The van der Waals surface area contributed by atoms with Crippen LogP contribution in [-0.4, -0.2) is 63.1 Å². The third-order valence-electron chi connectivity index (χ3n) is 7.17. The van der Waals surface area contributed by atoms with E-state index >= 15 is 0 Å². The van der Waals surface area contributed by atoms with Crippen molar-refractivity contribution in [3.8, 4) is 6.07 Å². The summed E-state index contributed by atoms with van der Waals surface area (Å²) >= 11 is 0. The Balaban J connectivity index is 1.20. The van der Waals surface area contributed by atoms with E-state index in [1.807, 2.05) is 6.07 Å². The maximum absolute atomic E-state index is 13.7. The lowest BCUT2D eigenvalue weighted by molar-refractivity contribution is -0.215. The predicted octanol–water partition coefficient (Wildman–Crippen LogP) is 1.96. The largest absolute Gasteiger partial charge is 0.380 e. The number of benzene rings is 1. The Morgan fingerprint density at radius 3 is 2.36 bits per heavy atom. The average molecular weight is 405 g/mol. The zero-order valence-electron chi connectivity index (χ0n) is 15.7. The Morgan fingerprint density at radius 2 is 1.79 bits per heavy atom. The molecule has 3 aliphatic heterocycles. The van der Waals surface area contributed by atoms with Gasteiger partial charge in [-0.3, -0.25) is 4.90 Å². The third kappa shape index (κ3) is 2.88. The van der Waals surface area contributed by atoms with Crippen molar-refractivity contribution in [2.45, 2.75) is 36.6 Å². The molecule has 3 saturated heterocycles. The number of sulfonamides is 1. The first-order valence-corrected chi connectivity index (χ1v) is 11.3. The normalized spacial score (nSPS) is 27.0. The summed E-state index contributed by atoms with van der Waals surface area (Å²) < 4.78 is 46.3. The van der Waals surface area contributed by atoms with Crippen LogP contribution in [0.25, 0.3) is 0 Å². The van der Waals surface area contributed by atoms with Gasteiger partial charge in [0.2, 0.25) is 10.0 Å². The van der Waals surface area contributed by atoms with Crippen molar-refractivity contribution < 1.29 is 17.5 Å². The number of piperidine rings is 1. The Labute approximate surface area is 164 Å². The lowest BCUT2D eigenvalue weighted by Crippen LogP contribution is -2.70. The molecule has 0 N–H and O–H groups in total. The van der Waals surface area contributed by atoms with Crippen LogP contribution in [0.5, 0.6) is 0 Å². The fraction of sp³-hybridized carbons (Fsp3) is 0.650. The molecule has 1 aliphatic carbocycles. The van der Waals surface area contributed by atoms with E-state index in [4.69, 9.17) is 10.00 Å². The van der Waals surface area contributed by atoms with Gasteiger partial charge in [0.05, 0.1) is 29.7 Å². The van der Waals surface area contributed by atoms with E-state index in [2.05, 4.69) is 4.90 Å². The van der Waals surface area contributed by atoms with Gasteiger partial charge in [-0.25, -0.2) is 12.8 Å². The van der Waals surface area contributed by atoms with Crippen LogP contribution in [-0.2, 0) is 14.8 Å². The summed E-state index contributed by atoms with van der Waals surface area (Å²) in [5, 5.41) is 8.98. The second-order valence-electron chi connectivity index (χ2n) is 9.15. The minimum absolute atomic E-state index is 0.0260. The second kappa shape index (κ2) is 6.23. The molecule has 6 nitrogen and oxygen atoms in total. The summed E-state index contributed by atoms with van der Waals surface area (Å²) in [4.78, 5) is 2.44. The number of likely N-dealkylation sites (tertiary alicyclic amines) is 1. The van der Waals surface area contributed by atoms with Crippen LogP contribution in [0.15, 0.2) is 23.1 Å². The highest BCUT2D eigenvalue weighted by Crippen LogP contribution is 2.54. The molecule has 1 aromatic carbocycles. The molecule has 0 amide bonds. The molecule has 0 bridgehead atoms.